The number of ether oxygens (including phenoxy) is 1. The molecule has 0 unspecified atom stereocenters. The van der Waals surface area contributed by atoms with E-state index in [-0.39, 0.29) is 11.3 Å². The molecule has 7 nitrogen and oxygen atoms in total. The lowest BCUT2D eigenvalue weighted by Crippen LogP contribution is -2.13. The van der Waals surface area contributed by atoms with Crippen LogP contribution in [0.1, 0.15) is 10.4 Å². The average Bonchev–Trinajstić information content (AvgIpc) is 2.60. The number of hydrogen-bond donors (Lipinski definition) is 3. The second kappa shape index (κ2) is 7.70. The quantitative estimate of drug-likeness (QED) is 0.498. The van der Waals surface area contributed by atoms with Gasteiger partial charge in [0.25, 0.3) is 5.91 Å². The summed E-state index contributed by atoms with van der Waals surface area (Å²) in [6.07, 6.45) is 0. The van der Waals surface area contributed by atoms with Crippen molar-refractivity contribution in [3.05, 3.63) is 64.6 Å². The van der Waals surface area contributed by atoms with Crippen LogP contribution in [0.3, 0.4) is 0 Å². The predicted molar refractivity (Wildman–Crippen MR) is 105 cm³/mol. The van der Waals surface area contributed by atoms with E-state index in [1.165, 1.54) is 19.2 Å². The zero-order valence-corrected chi connectivity index (χ0v) is 16.5. The maximum absolute atomic E-state index is 12.9. The first kappa shape index (κ1) is 19.4. The molecule has 140 valence electrons. The van der Waals surface area contributed by atoms with E-state index < -0.39 is 13.7 Å². The van der Waals surface area contributed by atoms with Gasteiger partial charge in [0.2, 0.25) is 0 Å². The number of nitrogens with one attached hydrogen (secondary N) is 1. The zero-order chi connectivity index (χ0) is 19.6. The van der Waals surface area contributed by atoms with Gasteiger partial charge in [0.05, 0.1) is 18.4 Å². The van der Waals surface area contributed by atoms with Crippen LogP contribution >= 0.6 is 23.8 Å². The van der Waals surface area contributed by atoms with E-state index in [2.05, 4.69) is 25.8 Å². The molecule has 0 heterocycles. The van der Waals surface area contributed by atoms with Gasteiger partial charge in [-0.3, -0.25) is 14.6 Å². The summed E-state index contributed by atoms with van der Waals surface area (Å²) in [5, 5.41) is 3.93. The number of carbonyl (C=O) groups excluding carboxylic acids is 1. The van der Waals surface area contributed by atoms with Crippen molar-refractivity contribution < 1.29 is 28.4 Å². The van der Waals surface area contributed by atoms with Crippen LogP contribution in [0.25, 0.3) is 10.8 Å². The monoisotopic (exact) mass is 451 g/mol. The molecule has 3 aromatic carbocycles. The Hall–Kier alpha value is -2.38. The van der Waals surface area contributed by atoms with Crippen LogP contribution in [-0.4, -0.2) is 22.8 Å². The third-order valence-electron chi connectivity index (χ3n) is 3.71. The summed E-state index contributed by atoms with van der Waals surface area (Å²) in [6.45, 7) is 0. The van der Waals surface area contributed by atoms with Crippen molar-refractivity contribution in [2.45, 2.75) is 0 Å². The van der Waals surface area contributed by atoms with Crippen molar-refractivity contribution in [2.24, 2.45) is 0 Å². The molecule has 1 amide bonds. The number of methoxy groups -OCH3 is 1. The number of phosphoric acid groups is 1. The lowest BCUT2D eigenvalue weighted by Gasteiger charge is -2.14. The van der Waals surface area contributed by atoms with Crippen LogP contribution in [0.5, 0.6) is 11.5 Å². The standard InChI is InChI=1S/C18H15BrNO6P/c1-25-17-5-3-2-4-16(17)20-18(21)15-10-13(26-27(22,23)24)8-11-6-7-12(19)9-14(11)15/h2-10H,1H3,(H,20,21)(H2,22,23,24). The molecule has 27 heavy (non-hydrogen) atoms. The molecule has 0 spiro atoms. The Bertz CT molecular complexity index is 1060. The highest BCUT2D eigenvalue weighted by molar-refractivity contribution is 9.10. The summed E-state index contributed by atoms with van der Waals surface area (Å²) in [4.78, 5) is 31.1. The highest BCUT2D eigenvalue weighted by Gasteiger charge is 2.20. The summed E-state index contributed by atoms with van der Waals surface area (Å²) >= 11 is 3.37. The molecule has 0 aromatic heterocycles. The molecule has 0 aliphatic rings. The number of rotatable bonds is 5. The molecule has 3 aromatic rings. The van der Waals surface area contributed by atoms with E-state index in [1.54, 1.807) is 42.5 Å². The maximum atomic E-state index is 12.9. The molecule has 9 heteroatoms. The summed E-state index contributed by atoms with van der Waals surface area (Å²) in [5.74, 6) is -0.0962. The summed E-state index contributed by atoms with van der Waals surface area (Å²) < 4.78 is 21.9. The molecular formula is C18H15BrNO6P. The molecule has 0 radical (unpaired) electrons. The van der Waals surface area contributed by atoms with Crippen LogP contribution in [0, 0.1) is 0 Å². The first-order valence-corrected chi connectivity index (χ1v) is 10.0. The number of carbonyl (C=O) groups is 1. The Morgan fingerprint density at radius 2 is 1.85 bits per heavy atom. The predicted octanol–water partition coefficient (Wildman–Crippen LogP) is 4.33. The maximum Gasteiger partial charge on any atom is 0.524 e. The van der Waals surface area contributed by atoms with Crippen molar-refractivity contribution in [1.29, 1.82) is 0 Å². The lowest BCUT2D eigenvalue weighted by molar-refractivity contribution is 0.102. The third kappa shape index (κ3) is 4.67. The van der Waals surface area contributed by atoms with E-state index in [9.17, 15) is 9.36 Å². The second-order valence-corrected chi connectivity index (χ2v) is 7.65. The van der Waals surface area contributed by atoms with Gasteiger partial charge in [-0.05, 0) is 47.2 Å². The molecule has 0 atom stereocenters. The van der Waals surface area contributed by atoms with Crippen molar-refractivity contribution in [3.63, 3.8) is 0 Å². The number of halogens is 1. The lowest BCUT2D eigenvalue weighted by atomic mass is 10.0. The minimum atomic E-state index is -4.77. The zero-order valence-electron chi connectivity index (χ0n) is 14.0. The Kier molecular flexibility index (Phi) is 5.53. The number of amides is 1. The smallest absolute Gasteiger partial charge is 0.495 e. The van der Waals surface area contributed by atoms with Gasteiger partial charge >= 0.3 is 7.82 Å². The molecule has 0 aliphatic heterocycles. The Labute approximate surface area is 163 Å². The fourth-order valence-corrected chi connectivity index (χ4v) is 3.36. The number of anilines is 1. The summed E-state index contributed by atoms with van der Waals surface area (Å²) in [5.41, 5.74) is 0.664. The number of para-hydroxylation sites is 2. The highest BCUT2D eigenvalue weighted by atomic mass is 79.9. The van der Waals surface area contributed by atoms with E-state index in [1.807, 2.05) is 0 Å². The van der Waals surface area contributed by atoms with Gasteiger partial charge in [0.1, 0.15) is 11.5 Å². The van der Waals surface area contributed by atoms with Crippen molar-refractivity contribution in [2.75, 3.05) is 12.4 Å². The minimum Gasteiger partial charge on any atom is -0.495 e. The van der Waals surface area contributed by atoms with E-state index in [0.717, 1.165) is 4.47 Å². The van der Waals surface area contributed by atoms with Crippen LogP contribution in [-0.2, 0) is 4.57 Å². The molecule has 0 saturated heterocycles. The first-order chi connectivity index (χ1) is 12.8. The van der Waals surface area contributed by atoms with Gasteiger partial charge in [0, 0.05) is 4.47 Å². The SMILES string of the molecule is COc1ccccc1NC(=O)c1cc(OP(=O)(O)O)cc2ccc(Br)cc12. The molecule has 0 aliphatic carbocycles. The molecular weight excluding hydrogens is 437 g/mol. The number of fused-ring (bicyclic) bond motifs is 1. The van der Waals surface area contributed by atoms with Crippen molar-refractivity contribution in [3.8, 4) is 11.5 Å². The van der Waals surface area contributed by atoms with Crippen LogP contribution in [0.15, 0.2) is 59.1 Å². The molecule has 0 fully saturated rings. The molecule has 3 N–H and O–H groups in total. The fourth-order valence-electron chi connectivity index (χ4n) is 2.62. The highest BCUT2D eigenvalue weighted by Crippen LogP contribution is 2.40. The van der Waals surface area contributed by atoms with E-state index in [0.29, 0.717) is 22.2 Å². The molecule has 0 saturated carbocycles. The van der Waals surface area contributed by atoms with E-state index >= 15 is 0 Å². The van der Waals surface area contributed by atoms with Crippen molar-refractivity contribution in [1.82, 2.24) is 0 Å². The number of phosphoric ester groups is 1. The van der Waals surface area contributed by atoms with Gasteiger partial charge in [-0.15, -0.1) is 0 Å². The van der Waals surface area contributed by atoms with Crippen LogP contribution < -0.4 is 14.6 Å². The van der Waals surface area contributed by atoms with Gasteiger partial charge in [-0.1, -0.05) is 34.1 Å². The van der Waals surface area contributed by atoms with E-state index in [4.69, 9.17) is 14.5 Å². The normalized spacial score (nSPS) is 11.3. The Balaban J connectivity index is 2.08. The van der Waals surface area contributed by atoms with Crippen LogP contribution in [0.4, 0.5) is 5.69 Å². The minimum absolute atomic E-state index is 0.108. The average molecular weight is 452 g/mol. The van der Waals surface area contributed by atoms with Crippen LogP contribution in [0.2, 0.25) is 0 Å². The number of benzene rings is 3. The molecule has 0 bridgehead atoms. The Morgan fingerprint density at radius 1 is 1.11 bits per heavy atom. The number of hydrogen-bond acceptors (Lipinski definition) is 4. The summed E-state index contributed by atoms with van der Waals surface area (Å²) in [6, 6.07) is 14.9. The van der Waals surface area contributed by atoms with Gasteiger partial charge < -0.3 is 14.6 Å². The van der Waals surface area contributed by atoms with Crippen molar-refractivity contribution >= 4 is 46.1 Å². The van der Waals surface area contributed by atoms with Gasteiger partial charge in [-0.25, -0.2) is 4.57 Å². The molecule has 3 rings (SSSR count). The van der Waals surface area contributed by atoms with Gasteiger partial charge in [-0.2, -0.15) is 0 Å². The topological polar surface area (TPSA) is 105 Å². The second-order valence-electron chi connectivity index (χ2n) is 5.57. The Morgan fingerprint density at radius 3 is 2.56 bits per heavy atom. The summed E-state index contributed by atoms with van der Waals surface area (Å²) in [7, 11) is -3.27. The fraction of sp³-hybridized carbons (Fsp3) is 0.0556. The largest absolute Gasteiger partial charge is 0.524 e. The first-order valence-electron chi connectivity index (χ1n) is 7.69. The third-order valence-corrected chi connectivity index (χ3v) is 4.66. The van der Waals surface area contributed by atoms with Gasteiger partial charge in [0.15, 0.2) is 0 Å².